The molecule has 1 saturated heterocycles. The molecule has 0 amide bonds. The third-order valence-corrected chi connectivity index (χ3v) is 6.84. The first-order valence-corrected chi connectivity index (χ1v) is 11.8. The van der Waals surface area contributed by atoms with Crippen molar-refractivity contribution in [2.24, 2.45) is 0 Å². The fourth-order valence-electron chi connectivity index (χ4n) is 4.69. The minimum atomic E-state index is -0.504. The molecule has 0 spiro atoms. The average Bonchev–Trinajstić information content (AvgIpc) is 2.86. The second-order valence-electron chi connectivity index (χ2n) is 9.04. The number of benzene rings is 2. The lowest BCUT2D eigenvalue weighted by atomic mass is 10.0. The molecule has 2 aromatic carbocycles. The van der Waals surface area contributed by atoms with E-state index < -0.39 is 6.10 Å². The molecule has 3 heterocycles. The van der Waals surface area contributed by atoms with E-state index in [-0.39, 0.29) is 0 Å². The number of aliphatic hydroxyl groups excluding tert-OH is 1. The number of rotatable bonds is 5. The highest BCUT2D eigenvalue weighted by molar-refractivity contribution is 5.83. The Labute approximate surface area is 195 Å². The van der Waals surface area contributed by atoms with E-state index in [4.69, 9.17) is 14.7 Å². The molecule has 172 valence electrons. The predicted octanol–water partition coefficient (Wildman–Crippen LogP) is 3.91. The van der Waals surface area contributed by atoms with Crippen molar-refractivity contribution in [3.8, 4) is 0 Å². The Hall–Kier alpha value is -2.80. The van der Waals surface area contributed by atoms with Gasteiger partial charge >= 0.3 is 0 Å². The van der Waals surface area contributed by atoms with E-state index in [0.717, 1.165) is 79.7 Å². The summed E-state index contributed by atoms with van der Waals surface area (Å²) in [7, 11) is 0. The number of β-amino-alcohol motifs (C(OH)–C–C–N with tert-alkyl or cyclic N) is 1. The van der Waals surface area contributed by atoms with E-state index in [1.165, 1.54) is 11.0 Å². The lowest BCUT2D eigenvalue weighted by molar-refractivity contribution is 0.119. The number of aliphatic hydroxyl groups is 1. The van der Waals surface area contributed by atoms with Crippen molar-refractivity contribution in [2.75, 3.05) is 50.8 Å². The normalized spacial score (nSPS) is 18.4. The van der Waals surface area contributed by atoms with Gasteiger partial charge in [-0.25, -0.2) is 9.97 Å². The molecule has 1 aromatic heterocycles. The number of anilines is 1. The van der Waals surface area contributed by atoms with Crippen LogP contribution in [-0.4, -0.2) is 65.9 Å². The zero-order valence-corrected chi connectivity index (χ0v) is 19.5. The van der Waals surface area contributed by atoms with Crippen molar-refractivity contribution in [1.82, 2.24) is 14.9 Å². The van der Waals surface area contributed by atoms with Gasteiger partial charge in [0.2, 0.25) is 0 Å². The Kier molecular flexibility index (Phi) is 6.40. The number of aromatic nitrogens is 2. The number of hydrogen-bond donors (Lipinski definition) is 1. The number of ether oxygens (including phenoxy) is 1. The SMILES string of the molecule is Cc1nc(C2=CCN(C[C@H](O)c3ccc4ccccc4c3)CC2)nc(N2CCOCC2)c1C. The first-order valence-electron chi connectivity index (χ1n) is 11.8. The molecule has 0 bridgehead atoms. The molecule has 6 nitrogen and oxygen atoms in total. The third kappa shape index (κ3) is 4.78. The maximum atomic E-state index is 10.9. The number of morpholine rings is 1. The van der Waals surface area contributed by atoms with Crippen molar-refractivity contribution in [3.63, 3.8) is 0 Å². The molecule has 1 atom stereocenters. The Morgan fingerprint density at radius 3 is 2.55 bits per heavy atom. The molecule has 1 fully saturated rings. The predicted molar refractivity (Wildman–Crippen MR) is 132 cm³/mol. The fourth-order valence-corrected chi connectivity index (χ4v) is 4.69. The molecule has 1 N–H and O–H groups in total. The first kappa shape index (κ1) is 22.0. The average molecular weight is 445 g/mol. The van der Waals surface area contributed by atoms with Crippen LogP contribution in [0.15, 0.2) is 48.5 Å². The van der Waals surface area contributed by atoms with E-state index in [2.05, 4.69) is 54.0 Å². The Morgan fingerprint density at radius 2 is 1.79 bits per heavy atom. The maximum absolute atomic E-state index is 10.9. The van der Waals surface area contributed by atoms with Crippen LogP contribution in [0.3, 0.4) is 0 Å². The van der Waals surface area contributed by atoms with Crippen LogP contribution in [-0.2, 0) is 4.74 Å². The topological polar surface area (TPSA) is 61.7 Å². The zero-order valence-electron chi connectivity index (χ0n) is 19.5. The van der Waals surface area contributed by atoms with Gasteiger partial charge in [0.15, 0.2) is 5.82 Å². The highest BCUT2D eigenvalue weighted by atomic mass is 16.5. The summed E-state index contributed by atoms with van der Waals surface area (Å²) in [6, 6.07) is 14.5. The van der Waals surface area contributed by atoms with Gasteiger partial charge in [0.25, 0.3) is 0 Å². The molecule has 2 aliphatic heterocycles. The van der Waals surface area contributed by atoms with E-state index in [9.17, 15) is 5.11 Å². The number of aryl methyl sites for hydroxylation is 1. The molecule has 33 heavy (non-hydrogen) atoms. The van der Waals surface area contributed by atoms with Gasteiger partial charge in [-0.3, -0.25) is 4.90 Å². The summed E-state index contributed by atoms with van der Waals surface area (Å²) >= 11 is 0. The van der Waals surface area contributed by atoms with E-state index in [1.807, 2.05) is 18.2 Å². The molecular formula is C27H32N4O2. The maximum Gasteiger partial charge on any atom is 0.157 e. The van der Waals surface area contributed by atoms with Crippen LogP contribution in [0.2, 0.25) is 0 Å². The van der Waals surface area contributed by atoms with Crippen molar-refractivity contribution in [3.05, 3.63) is 71.2 Å². The Balaban J connectivity index is 1.28. The zero-order chi connectivity index (χ0) is 22.8. The van der Waals surface area contributed by atoms with E-state index in [0.29, 0.717) is 6.54 Å². The van der Waals surface area contributed by atoms with Gasteiger partial charge in [0.05, 0.1) is 19.3 Å². The molecule has 2 aliphatic rings. The molecule has 5 rings (SSSR count). The second-order valence-corrected chi connectivity index (χ2v) is 9.04. The van der Waals surface area contributed by atoms with Crippen LogP contribution in [0, 0.1) is 13.8 Å². The Bertz CT molecular complexity index is 1170. The fraction of sp³-hybridized carbons (Fsp3) is 0.407. The van der Waals surface area contributed by atoms with Crippen molar-refractivity contribution in [1.29, 1.82) is 0 Å². The minimum Gasteiger partial charge on any atom is -0.387 e. The first-order chi connectivity index (χ1) is 16.1. The summed E-state index contributed by atoms with van der Waals surface area (Å²) in [5.74, 6) is 1.88. The van der Waals surface area contributed by atoms with E-state index in [1.54, 1.807) is 0 Å². The molecule has 0 unspecified atom stereocenters. The molecular weight excluding hydrogens is 412 g/mol. The van der Waals surface area contributed by atoms with Crippen LogP contribution in [0.5, 0.6) is 0 Å². The number of fused-ring (bicyclic) bond motifs is 1. The quantitative estimate of drug-likeness (QED) is 0.644. The van der Waals surface area contributed by atoms with Crippen LogP contribution in [0.25, 0.3) is 16.3 Å². The molecule has 6 heteroatoms. The molecule has 0 saturated carbocycles. The second kappa shape index (κ2) is 9.59. The largest absolute Gasteiger partial charge is 0.387 e. The standard InChI is InChI=1S/C27H32N4O2/c1-19-20(2)28-26(29-27(19)31-13-15-33-16-14-31)22-9-11-30(12-10-22)18-25(32)24-8-7-21-5-3-4-6-23(21)17-24/h3-9,17,25,32H,10-16,18H2,1-2H3/t25-/m0/s1. The van der Waals surface area contributed by atoms with Gasteiger partial charge in [-0.05, 0) is 48.2 Å². The monoisotopic (exact) mass is 444 g/mol. The van der Waals surface area contributed by atoms with E-state index >= 15 is 0 Å². The van der Waals surface area contributed by atoms with Gasteiger partial charge in [0, 0.05) is 44.0 Å². The highest BCUT2D eigenvalue weighted by Crippen LogP contribution is 2.27. The lowest BCUT2D eigenvalue weighted by Gasteiger charge is -2.31. The van der Waals surface area contributed by atoms with Crippen molar-refractivity contribution < 1.29 is 9.84 Å². The van der Waals surface area contributed by atoms with Gasteiger partial charge in [-0.2, -0.15) is 0 Å². The van der Waals surface area contributed by atoms with Crippen LogP contribution in [0.1, 0.15) is 35.2 Å². The summed E-state index contributed by atoms with van der Waals surface area (Å²) < 4.78 is 5.51. The van der Waals surface area contributed by atoms with Crippen LogP contribution in [0.4, 0.5) is 5.82 Å². The smallest absolute Gasteiger partial charge is 0.157 e. The van der Waals surface area contributed by atoms with Gasteiger partial charge in [-0.15, -0.1) is 0 Å². The summed E-state index contributed by atoms with van der Waals surface area (Å²) in [6.45, 7) is 9.71. The van der Waals surface area contributed by atoms with Gasteiger partial charge in [0.1, 0.15) is 5.82 Å². The van der Waals surface area contributed by atoms with Gasteiger partial charge < -0.3 is 14.7 Å². The van der Waals surface area contributed by atoms with Crippen LogP contribution >= 0.6 is 0 Å². The third-order valence-electron chi connectivity index (χ3n) is 6.84. The highest BCUT2D eigenvalue weighted by Gasteiger charge is 2.22. The van der Waals surface area contributed by atoms with Gasteiger partial charge in [-0.1, -0.05) is 42.5 Å². The summed E-state index contributed by atoms with van der Waals surface area (Å²) in [6.07, 6.45) is 2.61. The molecule has 0 aliphatic carbocycles. The number of nitrogens with zero attached hydrogens (tertiary/aromatic N) is 4. The summed E-state index contributed by atoms with van der Waals surface area (Å²) in [5, 5.41) is 13.2. The number of hydrogen-bond acceptors (Lipinski definition) is 6. The summed E-state index contributed by atoms with van der Waals surface area (Å²) in [4.78, 5) is 14.4. The molecule has 0 radical (unpaired) electrons. The van der Waals surface area contributed by atoms with Crippen molar-refractivity contribution >= 4 is 22.2 Å². The summed E-state index contributed by atoms with van der Waals surface area (Å²) in [5.41, 5.74) is 4.36. The minimum absolute atomic E-state index is 0.504. The molecule has 3 aromatic rings. The Morgan fingerprint density at radius 1 is 1.00 bits per heavy atom. The van der Waals surface area contributed by atoms with Crippen molar-refractivity contribution in [2.45, 2.75) is 26.4 Å². The van der Waals surface area contributed by atoms with Crippen LogP contribution < -0.4 is 4.90 Å². The lowest BCUT2D eigenvalue weighted by Crippen LogP contribution is -2.37.